The number of nitrogens with one attached hydrogen (secondary N) is 2. The van der Waals surface area contributed by atoms with Crippen molar-refractivity contribution in [2.24, 2.45) is 0 Å². The van der Waals surface area contributed by atoms with Gasteiger partial charge in [-0.2, -0.15) is 0 Å². The van der Waals surface area contributed by atoms with Gasteiger partial charge in [-0.15, -0.1) is 0 Å². The fourth-order valence-electron chi connectivity index (χ4n) is 2.01. The van der Waals surface area contributed by atoms with Crippen LogP contribution in [0.1, 0.15) is 29.6 Å². The van der Waals surface area contributed by atoms with E-state index in [1.54, 1.807) is 0 Å². The minimum atomic E-state index is -3.32. The number of anilines is 1. The first-order valence-electron chi connectivity index (χ1n) is 6.36. The zero-order valence-electron chi connectivity index (χ0n) is 11.2. The highest BCUT2D eigenvalue weighted by atomic mass is 32.2. The molecule has 0 unspecified atom stereocenters. The Morgan fingerprint density at radius 3 is 2.35 bits per heavy atom. The molecule has 3 N–H and O–H groups in total. The zero-order valence-corrected chi connectivity index (χ0v) is 12.0. The smallest absolute Gasteiger partial charge is 0.251 e. The molecule has 0 radical (unpaired) electrons. The number of sulfonamides is 1. The molecule has 2 rings (SSSR count). The largest absolute Gasteiger partial charge is 0.388 e. The van der Waals surface area contributed by atoms with Gasteiger partial charge >= 0.3 is 0 Å². The van der Waals surface area contributed by atoms with Gasteiger partial charge in [-0.1, -0.05) is 0 Å². The Morgan fingerprint density at radius 1 is 1.30 bits per heavy atom. The molecule has 0 aliphatic heterocycles. The van der Waals surface area contributed by atoms with Crippen LogP contribution in [0, 0.1) is 0 Å². The normalized spacial score (nSPS) is 17.1. The van der Waals surface area contributed by atoms with Crippen LogP contribution in [0.4, 0.5) is 5.69 Å². The summed E-state index contributed by atoms with van der Waals surface area (Å²) in [4.78, 5) is 11.9. The molecular weight excluding hydrogens is 280 g/mol. The number of hydrogen-bond donors (Lipinski definition) is 3. The summed E-state index contributed by atoms with van der Waals surface area (Å²) < 4.78 is 24.4. The highest BCUT2D eigenvalue weighted by Gasteiger charge is 2.34. The van der Waals surface area contributed by atoms with Crippen molar-refractivity contribution in [3.8, 4) is 0 Å². The van der Waals surface area contributed by atoms with Crippen LogP contribution in [-0.2, 0) is 10.0 Å². The predicted octanol–water partition coefficient (Wildman–Crippen LogP) is 0.703. The first kappa shape index (κ1) is 14.8. The molecular formula is C13H18N2O4S. The Kier molecular flexibility index (Phi) is 4.01. The van der Waals surface area contributed by atoms with E-state index in [4.69, 9.17) is 0 Å². The number of carbonyl (C=O) groups excluding carboxylic acids is 1. The van der Waals surface area contributed by atoms with Crippen LogP contribution < -0.4 is 10.0 Å². The summed E-state index contributed by atoms with van der Waals surface area (Å²) in [6, 6.07) is 6.11. The second-order valence-electron chi connectivity index (χ2n) is 5.21. The SMILES string of the molecule is CS(=O)(=O)Nc1ccc(C(=O)NCC2(O)CCC2)cc1. The first-order chi connectivity index (χ1) is 9.27. The van der Waals surface area contributed by atoms with Crippen molar-refractivity contribution in [2.45, 2.75) is 24.9 Å². The minimum absolute atomic E-state index is 0.245. The molecule has 1 amide bonds. The lowest BCUT2D eigenvalue weighted by atomic mass is 9.80. The topological polar surface area (TPSA) is 95.5 Å². The van der Waals surface area contributed by atoms with Crippen molar-refractivity contribution in [3.63, 3.8) is 0 Å². The van der Waals surface area contributed by atoms with E-state index >= 15 is 0 Å². The fraction of sp³-hybridized carbons (Fsp3) is 0.462. The molecule has 0 heterocycles. The highest BCUT2D eigenvalue weighted by Crippen LogP contribution is 2.30. The van der Waals surface area contributed by atoms with Crippen LogP contribution in [0.5, 0.6) is 0 Å². The lowest BCUT2D eigenvalue weighted by molar-refractivity contribution is -0.0300. The van der Waals surface area contributed by atoms with Crippen molar-refractivity contribution in [2.75, 3.05) is 17.5 Å². The second-order valence-corrected chi connectivity index (χ2v) is 6.96. The maximum atomic E-state index is 11.9. The molecule has 0 atom stereocenters. The minimum Gasteiger partial charge on any atom is -0.388 e. The molecule has 1 aromatic rings. The van der Waals surface area contributed by atoms with Gasteiger partial charge in [0.1, 0.15) is 0 Å². The maximum absolute atomic E-state index is 11.9. The predicted molar refractivity (Wildman–Crippen MR) is 76.0 cm³/mol. The molecule has 0 bridgehead atoms. The molecule has 1 aliphatic carbocycles. The van der Waals surface area contributed by atoms with Crippen LogP contribution in [0.15, 0.2) is 24.3 Å². The van der Waals surface area contributed by atoms with Crippen LogP contribution in [-0.4, -0.2) is 37.8 Å². The Hall–Kier alpha value is -1.60. The summed E-state index contributed by atoms with van der Waals surface area (Å²) in [5, 5.41) is 12.6. The van der Waals surface area contributed by atoms with Crippen LogP contribution in [0.2, 0.25) is 0 Å². The molecule has 0 aromatic heterocycles. The monoisotopic (exact) mass is 298 g/mol. The lowest BCUT2D eigenvalue weighted by Crippen LogP contribution is -2.47. The molecule has 110 valence electrons. The van der Waals surface area contributed by atoms with Gasteiger partial charge in [0.2, 0.25) is 10.0 Å². The zero-order chi connectivity index (χ0) is 14.8. The standard InChI is InChI=1S/C13H18N2O4S/c1-20(18,19)15-11-5-3-10(4-6-11)12(16)14-9-13(17)7-2-8-13/h3-6,15,17H,2,7-9H2,1H3,(H,14,16). The van der Waals surface area contributed by atoms with Gasteiger partial charge in [-0.25, -0.2) is 8.42 Å². The molecule has 7 heteroatoms. The van der Waals surface area contributed by atoms with Gasteiger partial charge in [-0.05, 0) is 43.5 Å². The van der Waals surface area contributed by atoms with E-state index in [0.29, 0.717) is 24.1 Å². The van der Waals surface area contributed by atoms with Crippen molar-refractivity contribution in [1.29, 1.82) is 0 Å². The maximum Gasteiger partial charge on any atom is 0.251 e. The van der Waals surface area contributed by atoms with Crippen LogP contribution in [0.25, 0.3) is 0 Å². The average molecular weight is 298 g/mol. The van der Waals surface area contributed by atoms with E-state index in [-0.39, 0.29) is 12.5 Å². The number of carbonyl (C=O) groups is 1. The van der Waals surface area contributed by atoms with E-state index in [1.165, 1.54) is 24.3 Å². The molecule has 6 nitrogen and oxygen atoms in total. The molecule has 0 saturated heterocycles. The summed E-state index contributed by atoms with van der Waals surface area (Å²) in [6.45, 7) is 0.245. The quantitative estimate of drug-likeness (QED) is 0.746. The number of hydrogen-bond acceptors (Lipinski definition) is 4. The van der Waals surface area contributed by atoms with Gasteiger partial charge in [-0.3, -0.25) is 9.52 Å². The van der Waals surface area contributed by atoms with Gasteiger partial charge in [0.25, 0.3) is 5.91 Å². The summed E-state index contributed by atoms with van der Waals surface area (Å²) in [5.41, 5.74) is 0.0709. The van der Waals surface area contributed by atoms with E-state index in [9.17, 15) is 18.3 Å². The molecule has 1 fully saturated rings. The molecule has 1 aromatic carbocycles. The lowest BCUT2D eigenvalue weighted by Gasteiger charge is -2.36. The van der Waals surface area contributed by atoms with Crippen molar-refractivity contribution in [3.05, 3.63) is 29.8 Å². The Labute approximate surface area is 118 Å². The third kappa shape index (κ3) is 3.94. The molecule has 20 heavy (non-hydrogen) atoms. The van der Waals surface area contributed by atoms with Gasteiger partial charge in [0, 0.05) is 17.8 Å². The Bertz CT molecular complexity index is 591. The number of rotatable bonds is 5. The summed E-state index contributed by atoms with van der Waals surface area (Å²) in [5.74, 6) is -0.281. The summed E-state index contributed by atoms with van der Waals surface area (Å²) in [7, 11) is -3.32. The number of amides is 1. The number of aliphatic hydroxyl groups is 1. The summed E-state index contributed by atoms with van der Waals surface area (Å²) in [6.07, 6.45) is 3.47. The average Bonchev–Trinajstić information content (AvgIpc) is 2.32. The van der Waals surface area contributed by atoms with E-state index in [1.807, 2.05) is 0 Å². The fourth-order valence-corrected chi connectivity index (χ4v) is 2.58. The van der Waals surface area contributed by atoms with Crippen molar-refractivity contribution < 1.29 is 18.3 Å². The Balaban J connectivity index is 1.93. The molecule has 1 saturated carbocycles. The van der Waals surface area contributed by atoms with Crippen molar-refractivity contribution >= 4 is 21.6 Å². The first-order valence-corrected chi connectivity index (χ1v) is 8.25. The highest BCUT2D eigenvalue weighted by molar-refractivity contribution is 7.92. The summed E-state index contributed by atoms with van der Waals surface area (Å²) >= 11 is 0. The molecule has 1 aliphatic rings. The molecule has 0 spiro atoms. The van der Waals surface area contributed by atoms with Crippen LogP contribution in [0.3, 0.4) is 0 Å². The van der Waals surface area contributed by atoms with Crippen molar-refractivity contribution in [1.82, 2.24) is 5.32 Å². The third-order valence-corrected chi connectivity index (χ3v) is 3.92. The van der Waals surface area contributed by atoms with Gasteiger partial charge in [0.05, 0.1) is 11.9 Å². The van der Waals surface area contributed by atoms with Crippen LogP contribution >= 0.6 is 0 Å². The van der Waals surface area contributed by atoms with Gasteiger partial charge in [0.15, 0.2) is 0 Å². The Morgan fingerprint density at radius 2 is 1.90 bits per heavy atom. The van der Waals surface area contributed by atoms with E-state index < -0.39 is 15.6 Å². The number of benzene rings is 1. The van der Waals surface area contributed by atoms with E-state index in [0.717, 1.165) is 12.7 Å². The van der Waals surface area contributed by atoms with E-state index in [2.05, 4.69) is 10.0 Å². The van der Waals surface area contributed by atoms with Gasteiger partial charge < -0.3 is 10.4 Å². The third-order valence-electron chi connectivity index (χ3n) is 3.31. The second kappa shape index (κ2) is 5.41.